The summed E-state index contributed by atoms with van der Waals surface area (Å²) in [7, 11) is 0. The van der Waals surface area contributed by atoms with E-state index in [4.69, 9.17) is 11.6 Å². The molecule has 1 heterocycles. The molecule has 0 amide bonds. The van der Waals surface area contributed by atoms with Crippen molar-refractivity contribution in [3.63, 3.8) is 0 Å². The monoisotopic (exact) mass is 347 g/mol. The zero-order valence-corrected chi connectivity index (χ0v) is 14.6. The summed E-state index contributed by atoms with van der Waals surface area (Å²) in [5.41, 5.74) is 5.33. The lowest BCUT2D eigenvalue weighted by atomic mass is 9.84. The molecule has 1 atom stereocenters. The minimum absolute atomic E-state index is 0.0756. The van der Waals surface area contributed by atoms with Gasteiger partial charge in [-0.25, -0.2) is 0 Å². The highest BCUT2D eigenvalue weighted by Gasteiger charge is 2.23. The third-order valence-electron chi connectivity index (χ3n) is 4.63. The van der Waals surface area contributed by atoms with Crippen LogP contribution < -0.4 is 0 Å². The number of phenols is 1. The molecule has 0 bridgehead atoms. The Balaban J connectivity index is 1.98. The van der Waals surface area contributed by atoms with Gasteiger partial charge in [-0.3, -0.25) is 0 Å². The first kappa shape index (κ1) is 15.8. The van der Waals surface area contributed by atoms with Crippen LogP contribution in [0.5, 0.6) is 5.75 Å². The van der Waals surface area contributed by atoms with E-state index in [1.165, 1.54) is 0 Å². The summed E-state index contributed by atoms with van der Waals surface area (Å²) in [6.45, 7) is 2.04. The molecule has 25 heavy (non-hydrogen) atoms. The molecule has 0 spiro atoms. The Morgan fingerprint density at radius 1 is 0.920 bits per heavy atom. The Kier molecular flexibility index (Phi) is 3.98. The van der Waals surface area contributed by atoms with Crippen LogP contribution in [-0.4, -0.2) is 10.1 Å². The zero-order valence-electron chi connectivity index (χ0n) is 13.8. The van der Waals surface area contributed by atoms with E-state index >= 15 is 0 Å². The van der Waals surface area contributed by atoms with Gasteiger partial charge in [0, 0.05) is 33.6 Å². The summed E-state index contributed by atoms with van der Waals surface area (Å²) in [5, 5.41) is 12.4. The van der Waals surface area contributed by atoms with Gasteiger partial charge in [0.25, 0.3) is 0 Å². The maximum atomic E-state index is 10.6. The van der Waals surface area contributed by atoms with Crippen molar-refractivity contribution in [3.05, 3.63) is 100 Å². The molecule has 0 aliphatic carbocycles. The number of hydrogen-bond acceptors (Lipinski definition) is 1. The van der Waals surface area contributed by atoms with Crippen molar-refractivity contribution in [2.45, 2.75) is 12.8 Å². The maximum absolute atomic E-state index is 10.6. The second kappa shape index (κ2) is 6.30. The lowest BCUT2D eigenvalue weighted by molar-refractivity contribution is 0.467. The zero-order chi connectivity index (χ0) is 17.4. The molecule has 0 fully saturated rings. The molecule has 3 heteroatoms. The van der Waals surface area contributed by atoms with Gasteiger partial charge in [-0.1, -0.05) is 59.6 Å². The third-order valence-corrected chi connectivity index (χ3v) is 4.88. The average molecular weight is 348 g/mol. The number of halogens is 1. The van der Waals surface area contributed by atoms with E-state index in [1.807, 2.05) is 55.6 Å². The van der Waals surface area contributed by atoms with Crippen LogP contribution in [-0.2, 0) is 0 Å². The number of benzene rings is 3. The highest BCUT2D eigenvalue weighted by Crippen LogP contribution is 2.40. The van der Waals surface area contributed by atoms with Crippen LogP contribution in [0, 0.1) is 6.92 Å². The van der Waals surface area contributed by atoms with Gasteiger partial charge in [-0.05, 0) is 42.3 Å². The third kappa shape index (κ3) is 2.90. The predicted octanol–water partition coefficient (Wildman–Crippen LogP) is 6.02. The van der Waals surface area contributed by atoms with Crippen LogP contribution in [0.1, 0.15) is 28.2 Å². The molecule has 2 nitrogen and oxygen atoms in total. The van der Waals surface area contributed by atoms with Crippen molar-refractivity contribution >= 4 is 22.5 Å². The Morgan fingerprint density at radius 2 is 1.68 bits per heavy atom. The molecule has 124 valence electrons. The van der Waals surface area contributed by atoms with Crippen molar-refractivity contribution in [1.29, 1.82) is 0 Å². The van der Waals surface area contributed by atoms with E-state index < -0.39 is 0 Å². The molecule has 0 saturated heterocycles. The van der Waals surface area contributed by atoms with Crippen LogP contribution >= 0.6 is 11.6 Å². The van der Waals surface area contributed by atoms with E-state index in [1.54, 1.807) is 6.07 Å². The van der Waals surface area contributed by atoms with Gasteiger partial charge in [0.1, 0.15) is 5.75 Å². The summed E-state index contributed by atoms with van der Waals surface area (Å²) in [5.74, 6) is 0.226. The quantitative estimate of drug-likeness (QED) is 0.467. The number of rotatable bonds is 3. The highest BCUT2D eigenvalue weighted by molar-refractivity contribution is 6.30. The Bertz CT molecular complexity index is 1030. The van der Waals surface area contributed by atoms with Crippen molar-refractivity contribution in [2.24, 2.45) is 0 Å². The number of fused-ring (bicyclic) bond motifs is 1. The fraction of sp³-hybridized carbons (Fsp3) is 0.0909. The van der Waals surface area contributed by atoms with E-state index in [0.717, 1.165) is 33.2 Å². The van der Waals surface area contributed by atoms with Crippen LogP contribution in [0.15, 0.2) is 72.9 Å². The van der Waals surface area contributed by atoms with Crippen LogP contribution in [0.2, 0.25) is 5.02 Å². The molecule has 0 saturated carbocycles. The number of aryl methyl sites for hydroxylation is 1. The Hall–Kier alpha value is -2.71. The molecule has 1 unspecified atom stereocenters. The first-order valence-corrected chi connectivity index (χ1v) is 8.62. The van der Waals surface area contributed by atoms with E-state index in [9.17, 15) is 5.11 Å². The molecule has 4 aromatic rings. The second-order valence-electron chi connectivity index (χ2n) is 6.34. The lowest BCUT2D eigenvalue weighted by Gasteiger charge is -2.20. The topological polar surface area (TPSA) is 36.0 Å². The SMILES string of the molecule is Cc1ccc(O)c(C(c2ccc(Cl)cc2)c2c[nH]c3ccccc23)c1. The first-order valence-electron chi connectivity index (χ1n) is 8.24. The Labute approximate surface area is 151 Å². The molecular formula is C22H18ClNO. The van der Waals surface area contributed by atoms with Crippen LogP contribution in [0.25, 0.3) is 10.9 Å². The second-order valence-corrected chi connectivity index (χ2v) is 6.77. The summed E-state index contributed by atoms with van der Waals surface area (Å²) in [6, 6.07) is 21.8. The normalized spacial score (nSPS) is 12.4. The number of H-pyrrole nitrogens is 1. The smallest absolute Gasteiger partial charge is 0.119 e. The number of phenolic OH excluding ortho intramolecular Hbond substituents is 1. The minimum atomic E-state index is -0.0756. The summed E-state index contributed by atoms with van der Waals surface area (Å²) < 4.78 is 0. The molecule has 1 aromatic heterocycles. The van der Waals surface area contributed by atoms with Gasteiger partial charge in [-0.2, -0.15) is 0 Å². The molecule has 0 radical (unpaired) electrons. The van der Waals surface area contributed by atoms with E-state index in [2.05, 4.69) is 23.2 Å². The fourth-order valence-corrected chi connectivity index (χ4v) is 3.55. The largest absolute Gasteiger partial charge is 0.508 e. The van der Waals surface area contributed by atoms with Gasteiger partial charge in [0.05, 0.1) is 0 Å². The molecule has 2 N–H and O–H groups in total. The maximum Gasteiger partial charge on any atom is 0.119 e. The molecule has 3 aromatic carbocycles. The summed E-state index contributed by atoms with van der Waals surface area (Å²) in [6.07, 6.45) is 2.03. The number of aromatic amines is 1. The molecular weight excluding hydrogens is 330 g/mol. The summed E-state index contributed by atoms with van der Waals surface area (Å²) in [4.78, 5) is 3.35. The van der Waals surface area contributed by atoms with E-state index in [0.29, 0.717) is 10.8 Å². The number of para-hydroxylation sites is 1. The first-order chi connectivity index (χ1) is 12.1. The van der Waals surface area contributed by atoms with Gasteiger partial charge in [0.15, 0.2) is 0 Å². The van der Waals surface area contributed by atoms with E-state index in [-0.39, 0.29) is 5.92 Å². The van der Waals surface area contributed by atoms with Crippen molar-refractivity contribution in [2.75, 3.05) is 0 Å². The van der Waals surface area contributed by atoms with Gasteiger partial charge in [0.2, 0.25) is 0 Å². The fourth-order valence-electron chi connectivity index (χ4n) is 3.42. The van der Waals surface area contributed by atoms with Crippen LogP contribution in [0.3, 0.4) is 0 Å². The minimum Gasteiger partial charge on any atom is -0.508 e. The number of hydrogen-bond donors (Lipinski definition) is 2. The highest BCUT2D eigenvalue weighted by atomic mass is 35.5. The number of aromatic nitrogens is 1. The average Bonchev–Trinajstić information content (AvgIpc) is 3.04. The van der Waals surface area contributed by atoms with Crippen molar-refractivity contribution < 1.29 is 5.11 Å². The number of aromatic hydroxyl groups is 1. The predicted molar refractivity (Wildman–Crippen MR) is 104 cm³/mol. The lowest BCUT2D eigenvalue weighted by Crippen LogP contribution is -2.03. The molecule has 4 rings (SSSR count). The molecule has 0 aliphatic heterocycles. The van der Waals surface area contributed by atoms with Gasteiger partial charge < -0.3 is 10.1 Å². The Morgan fingerprint density at radius 3 is 2.48 bits per heavy atom. The molecule has 0 aliphatic rings. The van der Waals surface area contributed by atoms with Crippen molar-refractivity contribution in [1.82, 2.24) is 4.98 Å². The van der Waals surface area contributed by atoms with Crippen LogP contribution in [0.4, 0.5) is 0 Å². The van der Waals surface area contributed by atoms with Gasteiger partial charge >= 0.3 is 0 Å². The summed E-state index contributed by atoms with van der Waals surface area (Å²) >= 11 is 6.08. The standard InChI is InChI=1S/C22H18ClNO/c1-14-6-11-21(25)18(12-14)22(15-7-9-16(23)10-8-15)19-13-24-20-5-3-2-4-17(19)20/h2-13,22,24-25H,1H3. The van der Waals surface area contributed by atoms with Crippen molar-refractivity contribution in [3.8, 4) is 5.75 Å². The van der Waals surface area contributed by atoms with Gasteiger partial charge in [-0.15, -0.1) is 0 Å². The number of nitrogens with one attached hydrogen (secondary N) is 1.